The van der Waals surface area contributed by atoms with Gasteiger partial charge in [0.2, 0.25) is 0 Å². The van der Waals surface area contributed by atoms with Crippen molar-refractivity contribution >= 4 is 40.3 Å². The first-order valence-corrected chi connectivity index (χ1v) is 6.90. The SMILES string of the molecule is CNc1ccc(Cl)cc1/C(C)=N/Nc1ccccc1Cl. The zero-order valence-electron chi connectivity index (χ0n) is 11.2. The predicted octanol–water partition coefficient (Wildman–Crippen LogP) is 4.87. The Labute approximate surface area is 128 Å². The number of anilines is 2. The van der Waals surface area contributed by atoms with E-state index in [-0.39, 0.29) is 0 Å². The summed E-state index contributed by atoms with van der Waals surface area (Å²) in [6.07, 6.45) is 0. The fourth-order valence-electron chi connectivity index (χ4n) is 1.79. The zero-order valence-corrected chi connectivity index (χ0v) is 12.8. The minimum atomic E-state index is 0.629. The Morgan fingerprint density at radius 2 is 1.80 bits per heavy atom. The van der Waals surface area contributed by atoms with Crippen LogP contribution in [0, 0.1) is 0 Å². The highest BCUT2D eigenvalue weighted by Gasteiger charge is 2.06. The monoisotopic (exact) mass is 307 g/mol. The van der Waals surface area contributed by atoms with Gasteiger partial charge < -0.3 is 5.32 Å². The minimum absolute atomic E-state index is 0.629. The van der Waals surface area contributed by atoms with Gasteiger partial charge in [-0.05, 0) is 37.3 Å². The van der Waals surface area contributed by atoms with Crippen LogP contribution in [0.5, 0.6) is 0 Å². The Kier molecular flexibility index (Phi) is 4.88. The lowest BCUT2D eigenvalue weighted by atomic mass is 10.1. The van der Waals surface area contributed by atoms with Crippen LogP contribution in [-0.2, 0) is 0 Å². The van der Waals surface area contributed by atoms with E-state index in [1.807, 2.05) is 56.4 Å². The summed E-state index contributed by atoms with van der Waals surface area (Å²) in [5.41, 5.74) is 6.46. The number of hydrogen-bond donors (Lipinski definition) is 2. The maximum atomic E-state index is 6.07. The van der Waals surface area contributed by atoms with E-state index in [1.165, 1.54) is 0 Å². The van der Waals surface area contributed by atoms with Gasteiger partial charge in [0.05, 0.1) is 16.4 Å². The van der Waals surface area contributed by atoms with Crippen LogP contribution in [0.3, 0.4) is 0 Å². The molecule has 5 heteroatoms. The molecule has 20 heavy (non-hydrogen) atoms. The number of nitrogens with zero attached hydrogens (tertiary/aromatic N) is 1. The maximum Gasteiger partial charge on any atom is 0.0748 e. The van der Waals surface area contributed by atoms with Crippen molar-refractivity contribution in [1.29, 1.82) is 0 Å². The zero-order chi connectivity index (χ0) is 14.5. The van der Waals surface area contributed by atoms with E-state index < -0.39 is 0 Å². The molecule has 104 valence electrons. The van der Waals surface area contributed by atoms with Gasteiger partial charge in [0.25, 0.3) is 0 Å². The summed E-state index contributed by atoms with van der Waals surface area (Å²) in [5.74, 6) is 0. The van der Waals surface area contributed by atoms with Crippen LogP contribution < -0.4 is 10.7 Å². The lowest BCUT2D eigenvalue weighted by Gasteiger charge is -2.10. The highest BCUT2D eigenvalue weighted by Crippen LogP contribution is 2.23. The first-order chi connectivity index (χ1) is 9.61. The molecule has 0 fully saturated rings. The second-order valence-corrected chi connectivity index (χ2v) is 5.07. The molecule has 0 radical (unpaired) electrons. The molecular weight excluding hydrogens is 293 g/mol. The third kappa shape index (κ3) is 3.44. The molecule has 0 heterocycles. The first kappa shape index (κ1) is 14.7. The molecule has 2 aromatic rings. The van der Waals surface area contributed by atoms with E-state index in [1.54, 1.807) is 0 Å². The van der Waals surface area contributed by atoms with E-state index in [4.69, 9.17) is 23.2 Å². The van der Waals surface area contributed by atoms with E-state index in [2.05, 4.69) is 15.8 Å². The maximum absolute atomic E-state index is 6.07. The Bertz CT molecular complexity index is 639. The van der Waals surface area contributed by atoms with Gasteiger partial charge in [0.1, 0.15) is 0 Å². The molecule has 0 amide bonds. The summed E-state index contributed by atoms with van der Waals surface area (Å²) < 4.78 is 0. The number of hydrazone groups is 1. The average molecular weight is 308 g/mol. The van der Waals surface area contributed by atoms with Gasteiger partial charge >= 0.3 is 0 Å². The van der Waals surface area contributed by atoms with Gasteiger partial charge in [0.15, 0.2) is 0 Å². The smallest absolute Gasteiger partial charge is 0.0748 e. The van der Waals surface area contributed by atoms with Crippen molar-refractivity contribution in [2.75, 3.05) is 17.8 Å². The molecule has 2 N–H and O–H groups in total. The van der Waals surface area contributed by atoms with E-state index in [9.17, 15) is 0 Å². The summed E-state index contributed by atoms with van der Waals surface area (Å²) in [6, 6.07) is 13.1. The molecule has 3 nitrogen and oxygen atoms in total. The number of nitrogens with one attached hydrogen (secondary N) is 2. The third-order valence-corrected chi connectivity index (χ3v) is 3.42. The fraction of sp³-hybridized carbons (Fsp3) is 0.133. The summed E-state index contributed by atoms with van der Waals surface area (Å²) >= 11 is 12.1. The molecule has 0 aromatic heterocycles. The second-order valence-electron chi connectivity index (χ2n) is 4.23. The van der Waals surface area contributed by atoms with Crippen molar-refractivity contribution in [2.24, 2.45) is 5.10 Å². The van der Waals surface area contributed by atoms with Gasteiger partial charge in [-0.2, -0.15) is 5.10 Å². The van der Waals surface area contributed by atoms with Crippen LogP contribution in [0.25, 0.3) is 0 Å². The van der Waals surface area contributed by atoms with Crippen LogP contribution in [0.15, 0.2) is 47.6 Å². The fourth-order valence-corrected chi connectivity index (χ4v) is 2.14. The van der Waals surface area contributed by atoms with Crippen LogP contribution in [0.4, 0.5) is 11.4 Å². The van der Waals surface area contributed by atoms with Crippen LogP contribution >= 0.6 is 23.2 Å². The Morgan fingerprint density at radius 1 is 1.05 bits per heavy atom. The van der Waals surface area contributed by atoms with Crippen molar-refractivity contribution in [3.63, 3.8) is 0 Å². The molecule has 2 aromatic carbocycles. The Balaban J connectivity index is 2.27. The van der Waals surface area contributed by atoms with Gasteiger partial charge in [-0.25, -0.2) is 0 Å². The molecule has 0 spiro atoms. The second kappa shape index (κ2) is 6.64. The molecule has 0 bridgehead atoms. The van der Waals surface area contributed by atoms with Crippen molar-refractivity contribution < 1.29 is 0 Å². The summed E-state index contributed by atoms with van der Waals surface area (Å²) in [6.45, 7) is 1.91. The molecule has 0 aliphatic heterocycles. The molecule has 2 rings (SSSR count). The lowest BCUT2D eigenvalue weighted by Crippen LogP contribution is -2.04. The predicted molar refractivity (Wildman–Crippen MR) is 88.3 cm³/mol. The quantitative estimate of drug-likeness (QED) is 0.624. The minimum Gasteiger partial charge on any atom is -0.388 e. The summed E-state index contributed by atoms with van der Waals surface area (Å²) in [4.78, 5) is 0. The molecular formula is C15H15Cl2N3. The topological polar surface area (TPSA) is 36.4 Å². The highest BCUT2D eigenvalue weighted by atomic mass is 35.5. The molecule has 0 saturated heterocycles. The number of benzene rings is 2. The summed E-state index contributed by atoms with van der Waals surface area (Å²) in [5, 5.41) is 8.78. The van der Waals surface area contributed by atoms with Crippen molar-refractivity contribution in [3.05, 3.63) is 58.1 Å². The molecule has 0 atom stereocenters. The standard InChI is InChI=1S/C15H15Cl2N3/c1-10(12-9-11(16)7-8-14(12)18-2)19-20-15-6-4-3-5-13(15)17/h3-9,18,20H,1-2H3/b19-10+. The van der Waals surface area contributed by atoms with Gasteiger partial charge in [-0.1, -0.05) is 35.3 Å². The summed E-state index contributed by atoms with van der Waals surface area (Å²) in [7, 11) is 1.86. The van der Waals surface area contributed by atoms with Crippen LogP contribution in [0.1, 0.15) is 12.5 Å². The van der Waals surface area contributed by atoms with Crippen LogP contribution in [0.2, 0.25) is 10.0 Å². The average Bonchev–Trinajstić information content (AvgIpc) is 2.46. The van der Waals surface area contributed by atoms with E-state index in [0.29, 0.717) is 10.0 Å². The normalized spacial score (nSPS) is 11.3. The largest absolute Gasteiger partial charge is 0.388 e. The highest BCUT2D eigenvalue weighted by molar-refractivity contribution is 6.33. The van der Waals surface area contributed by atoms with Crippen molar-refractivity contribution in [3.8, 4) is 0 Å². The third-order valence-electron chi connectivity index (χ3n) is 2.86. The van der Waals surface area contributed by atoms with Gasteiger partial charge in [0, 0.05) is 23.3 Å². The van der Waals surface area contributed by atoms with Crippen molar-refractivity contribution in [2.45, 2.75) is 6.92 Å². The van der Waals surface area contributed by atoms with Crippen molar-refractivity contribution in [1.82, 2.24) is 0 Å². The number of rotatable bonds is 4. The molecule has 0 saturated carbocycles. The van der Waals surface area contributed by atoms with Crippen LogP contribution in [-0.4, -0.2) is 12.8 Å². The Morgan fingerprint density at radius 3 is 2.50 bits per heavy atom. The Hall–Kier alpha value is -1.71. The molecule has 0 aliphatic rings. The van der Waals surface area contributed by atoms with Gasteiger partial charge in [-0.15, -0.1) is 0 Å². The number of hydrogen-bond acceptors (Lipinski definition) is 3. The van der Waals surface area contributed by atoms with E-state index >= 15 is 0 Å². The number of para-hydroxylation sites is 1. The first-order valence-electron chi connectivity index (χ1n) is 6.14. The number of halogens is 2. The molecule has 0 aliphatic carbocycles. The van der Waals surface area contributed by atoms with E-state index in [0.717, 1.165) is 22.6 Å². The molecule has 0 unspecified atom stereocenters. The van der Waals surface area contributed by atoms with Gasteiger partial charge in [-0.3, -0.25) is 5.43 Å². The lowest BCUT2D eigenvalue weighted by molar-refractivity contribution is 1.32.